The summed E-state index contributed by atoms with van der Waals surface area (Å²) in [6.07, 6.45) is -0.385. The van der Waals surface area contributed by atoms with Crippen molar-refractivity contribution in [1.29, 1.82) is 0 Å². The van der Waals surface area contributed by atoms with Gasteiger partial charge in [0.25, 0.3) is 5.91 Å². The summed E-state index contributed by atoms with van der Waals surface area (Å²) in [5, 5.41) is 34.3. The van der Waals surface area contributed by atoms with Gasteiger partial charge in [0.15, 0.2) is 23.8 Å². The van der Waals surface area contributed by atoms with Gasteiger partial charge in [-0.3, -0.25) is 9.36 Å². The Labute approximate surface area is 185 Å². The molecule has 1 aliphatic heterocycles. The summed E-state index contributed by atoms with van der Waals surface area (Å²) in [5.74, 6) is 5.42. The van der Waals surface area contributed by atoms with Gasteiger partial charge in [-0.15, -0.1) is 0 Å². The number of anilines is 1. The molecule has 4 rings (SSSR count). The van der Waals surface area contributed by atoms with Crippen LogP contribution in [0.2, 0.25) is 0 Å². The predicted molar refractivity (Wildman–Crippen MR) is 114 cm³/mol. The van der Waals surface area contributed by atoms with Gasteiger partial charge in [0, 0.05) is 6.54 Å². The molecule has 11 nitrogen and oxygen atoms in total. The number of hydrogen-bond acceptors (Lipinski definition) is 9. The zero-order chi connectivity index (χ0) is 23.0. The summed E-state index contributed by atoms with van der Waals surface area (Å²) in [4.78, 5) is 24.9. The summed E-state index contributed by atoms with van der Waals surface area (Å²) >= 11 is 0. The molecule has 172 valence electrons. The Kier molecular flexibility index (Phi) is 6.05. The fraction of sp³-hybridized carbons (Fsp3) is 0.619. The highest BCUT2D eigenvalue weighted by atomic mass is 16.6. The number of nitrogens with zero attached hydrogens (tertiary/aromatic N) is 4. The molecule has 4 unspecified atom stereocenters. The second kappa shape index (κ2) is 8.63. The fourth-order valence-electron chi connectivity index (χ4n) is 4.24. The van der Waals surface area contributed by atoms with Gasteiger partial charge in [-0.05, 0) is 38.0 Å². The number of aliphatic hydroxyl groups is 3. The highest BCUT2D eigenvalue weighted by Gasteiger charge is 2.47. The van der Waals surface area contributed by atoms with Crippen LogP contribution < -0.4 is 11.1 Å². The van der Waals surface area contributed by atoms with E-state index in [9.17, 15) is 20.1 Å². The van der Waals surface area contributed by atoms with Crippen molar-refractivity contribution in [3.8, 4) is 11.8 Å². The molecule has 2 aromatic rings. The Morgan fingerprint density at radius 3 is 2.88 bits per heavy atom. The molecule has 0 bridgehead atoms. The molecule has 2 aromatic heterocycles. The number of imidazole rings is 1. The third kappa shape index (κ3) is 3.91. The van der Waals surface area contributed by atoms with E-state index in [0.717, 1.165) is 19.3 Å². The summed E-state index contributed by atoms with van der Waals surface area (Å²) < 4.78 is 7.04. The first kappa shape index (κ1) is 22.4. The number of nitrogen functional groups attached to an aromatic ring is 1. The number of aromatic nitrogens is 4. The average molecular weight is 444 g/mol. The van der Waals surface area contributed by atoms with Crippen LogP contribution in [-0.2, 0) is 9.53 Å². The van der Waals surface area contributed by atoms with E-state index in [4.69, 9.17) is 10.5 Å². The minimum atomic E-state index is -1.43. The van der Waals surface area contributed by atoms with E-state index in [1.54, 1.807) is 6.92 Å². The van der Waals surface area contributed by atoms with E-state index < -0.39 is 36.0 Å². The Balaban J connectivity index is 1.67. The SMILES string of the molecule is CCNC(=O)[C@H]1O[C@@H](n2cnc3c(N)nc(C#CC4(O)CCCCC4C)nc32)C(O)C1O. The number of ether oxygens (including phenoxy) is 1. The maximum Gasteiger partial charge on any atom is 0.252 e. The largest absolute Gasteiger partial charge is 0.387 e. The molecule has 1 saturated carbocycles. The van der Waals surface area contributed by atoms with Crippen molar-refractivity contribution in [2.45, 2.75) is 69.7 Å². The Morgan fingerprint density at radius 1 is 1.38 bits per heavy atom. The average Bonchev–Trinajstić information content (AvgIpc) is 3.31. The second-order valence-electron chi connectivity index (χ2n) is 8.40. The zero-order valence-corrected chi connectivity index (χ0v) is 18.0. The van der Waals surface area contributed by atoms with Crippen molar-refractivity contribution < 1.29 is 24.9 Å². The van der Waals surface area contributed by atoms with Gasteiger partial charge < -0.3 is 31.1 Å². The highest BCUT2D eigenvalue weighted by Crippen LogP contribution is 2.34. The number of rotatable bonds is 3. The zero-order valence-electron chi connectivity index (χ0n) is 18.0. The summed E-state index contributed by atoms with van der Waals surface area (Å²) in [7, 11) is 0. The quantitative estimate of drug-likeness (QED) is 0.390. The lowest BCUT2D eigenvalue weighted by atomic mass is 9.77. The molecule has 0 radical (unpaired) electrons. The molecular weight excluding hydrogens is 416 g/mol. The molecule has 0 aromatic carbocycles. The number of hydrogen-bond donors (Lipinski definition) is 5. The lowest BCUT2D eigenvalue weighted by Crippen LogP contribution is -2.42. The van der Waals surface area contributed by atoms with Gasteiger partial charge in [0.1, 0.15) is 23.3 Å². The second-order valence-corrected chi connectivity index (χ2v) is 8.40. The van der Waals surface area contributed by atoms with Crippen LogP contribution >= 0.6 is 0 Å². The summed E-state index contributed by atoms with van der Waals surface area (Å²) in [5.41, 5.74) is 5.44. The van der Waals surface area contributed by atoms with Crippen molar-refractivity contribution in [3.05, 3.63) is 12.2 Å². The molecule has 1 aliphatic carbocycles. The van der Waals surface area contributed by atoms with Gasteiger partial charge in [-0.25, -0.2) is 15.0 Å². The summed E-state index contributed by atoms with van der Waals surface area (Å²) in [6, 6.07) is 0. The Morgan fingerprint density at radius 2 is 2.16 bits per heavy atom. The molecular formula is C21H28N6O5. The van der Waals surface area contributed by atoms with Gasteiger partial charge in [-0.2, -0.15) is 0 Å². The molecule has 32 heavy (non-hydrogen) atoms. The van der Waals surface area contributed by atoms with E-state index in [0.29, 0.717) is 13.0 Å². The van der Waals surface area contributed by atoms with Gasteiger partial charge in [-0.1, -0.05) is 19.3 Å². The first-order valence-electron chi connectivity index (χ1n) is 10.8. The van der Waals surface area contributed by atoms with E-state index in [1.807, 2.05) is 6.92 Å². The third-order valence-corrected chi connectivity index (χ3v) is 6.22. The first-order chi connectivity index (χ1) is 15.2. The van der Waals surface area contributed by atoms with Gasteiger partial charge in [0.2, 0.25) is 5.82 Å². The van der Waals surface area contributed by atoms with Crippen LogP contribution in [0.15, 0.2) is 6.33 Å². The number of fused-ring (bicyclic) bond motifs is 1. The molecule has 1 amide bonds. The van der Waals surface area contributed by atoms with Crippen molar-refractivity contribution >= 4 is 22.9 Å². The number of likely N-dealkylation sites (N-methyl/N-ethyl adjacent to an activating group) is 1. The van der Waals surface area contributed by atoms with Gasteiger partial charge in [0.05, 0.1) is 6.33 Å². The van der Waals surface area contributed by atoms with Crippen LogP contribution in [0, 0.1) is 17.8 Å². The van der Waals surface area contributed by atoms with Crippen LogP contribution in [0.5, 0.6) is 0 Å². The number of carbonyl (C=O) groups excluding carboxylic acids is 1. The Hall–Kier alpha value is -2.78. The normalized spacial score (nSPS) is 32.5. The van der Waals surface area contributed by atoms with E-state index in [1.165, 1.54) is 10.9 Å². The lowest BCUT2D eigenvalue weighted by molar-refractivity contribution is -0.137. The molecule has 1 saturated heterocycles. The first-order valence-corrected chi connectivity index (χ1v) is 10.8. The maximum absolute atomic E-state index is 12.2. The molecule has 6 atom stereocenters. The number of nitrogens with two attached hydrogens (primary N) is 1. The van der Waals surface area contributed by atoms with Crippen molar-refractivity contribution in [2.75, 3.05) is 12.3 Å². The number of carbonyl (C=O) groups is 1. The van der Waals surface area contributed by atoms with E-state index >= 15 is 0 Å². The highest BCUT2D eigenvalue weighted by molar-refractivity contribution is 5.83. The van der Waals surface area contributed by atoms with E-state index in [-0.39, 0.29) is 28.7 Å². The van der Waals surface area contributed by atoms with Crippen LogP contribution in [0.4, 0.5) is 5.82 Å². The standard InChI is InChI=1S/C21H28N6O5/c1-3-23-19(30)16-14(28)15(29)20(32-16)27-10-24-13-17(22)25-12(26-18(13)27)7-9-21(31)8-5-4-6-11(21)2/h10-11,14-16,20,28-29,31H,3-6,8H2,1-2H3,(H,23,30)(H2,22,25,26)/t11?,14?,15?,16-,20+,21?/m0/s1. The summed E-state index contributed by atoms with van der Waals surface area (Å²) in [6.45, 7) is 4.07. The number of nitrogens with one attached hydrogen (secondary N) is 1. The van der Waals surface area contributed by atoms with E-state index in [2.05, 4.69) is 32.1 Å². The fourth-order valence-corrected chi connectivity index (χ4v) is 4.24. The minimum Gasteiger partial charge on any atom is -0.387 e. The topological polar surface area (TPSA) is 169 Å². The minimum absolute atomic E-state index is 0.0325. The molecule has 6 N–H and O–H groups in total. The van der Waals surface area contributed by atoms with Crippen molar-refractivity contribution in [1.82, 2.24) is 24.8 Å². The molecule has 3 heterocycles. The lowest BCUT2D eigenvalue weighted by Gasteiger charge is -2.33. The maximum atomic E-state index is 12.2. The van der Waals surface area contributed by atoms with Crippen molar-refractivity contribution in [3.63, 3.8) is 0 Å². The van der Waals surface area contributed by atoms with Crippen LogP contribution in [0.25, 0.3) is 11.2 Å². The monoisotopic (exact) mass is 444 g/mol. The molecule has 2 aliphatic rings. The number of aliphatic hydroxyl groups excluding tert-OH is 2. The number of amides is 1. The third-order valence-electron chi connectivity index (χ3n) is 6.22. The van der Waals surface area contributed by atoms with Crippen LogP contribution in [0.1, 0.15) is 51.6 Å². The predicted octanol–water partition coefficient (Wildman–Crippen LogP) is -0.543. The van der Waals surface area contributed by atoms with Gasteiger partial charge >= 0.3 is 0 Å². The smallest absolute Gasteiger partial charge is 0.252 e. The molecule has 2 fully saturated rings. The van der Waals surface area contributed by atoms with Crippen LogP contribution in [-0.4, -0.2) is 71.2 Å². The molecule has 11 heteroatoms. The Bertz CT molecular complexity index is 1080. The van der Waals surface area contributed by atoms with Crippen LogP contribution in [0.3, 0.4) is 0 Å². The van der Waals surface area contributed by atoms with Crippen molar-refractivity contribution in [2.24, 2.45) is 5.92 Å². The molecule has 0 spiro atoms.